The van der Waals surface area contributed by atoms with Crippen molar-refractivity contribution in [3.05, 3.63) is 34.9 Å². The van der Waals surface area contributed by atoms with Crippen molar-refractivity contribution in [2.75, 3.05) is 46.8 Å². The van der Waals surface area contributed by atoms with Crippen molar-refractivity contribution < 1.29 is 14.4 Å². The first-order chi connectivity index (χ1) is 14.2. The zero-order valence-corrected chi connectivity index (χ0v) is 18.5. The summed E-state index contributed by atoms with van der Waals surface area (Å²) in [6.07, 6.45) is 2.25. The van der Waals surface area contributed by atoms with Gasteiger partial charge in [-0.3, -0.25) is 9.59 Å². The number of fused-ring (bicyclic) bond motifs is 1. The summed E-state index contributed by atoms with van der Waals surface area (Å²) in [5, 5.41) is 3.01. The molecule has 2 spiro atoms. The molecule has 7 nitrogen and oxygen atoms in total. The van der Waals surface area contributed by atoms with E-state index < -0.39 is 5.41 Å². The Balaban J connectivity index is 1.56. The van der Waals surface area contributed by atoms with Crippen molar-refractivity contribution in [2.24, 2.45) is 10.8 Å². The molecule has 1 aromatic rings. The van der Waals surface area contributed by atoms with Crippen LogP contribution >= 0.6 is 0 Å². The summed E-state index contributed by atoms with van der Waals surface area (Å²) < 4.78 is 0. The lowest BCUT2D eigenvalue weighted by Gasteiger charge is -2.46. The third-order valence-electron chi connectivity index (χ3n) is 7.37. The minimum absolute atomic E-state index is 0.0420. The molecule has 1 aromatic carbocycles. The van der Waals surface area contributed by atoms with E-state index in [1.165, 1.54) is 0 Å². The van der Waals surface area contributed by atoms with Crippen LogP contribution in [0.3, 0.4) is 0 Å². The largest absolute Gasteiger partial charge is 0.356 e. The van der Waals surface area contributed by atoms with Crippen LogP contribution in [0.15, 0.2) is 18.2 Å². The summed E-state index contributed by atoms with van der Waals surface area (Å²) in [6.45, 7) is 6.97. The van der Waals surface area contributed by atoms with Crippen molar-refractivity contribution in [2.45, 2.75) is 33.1 Å². The number of amides is 4. The van der Waals surface area contributed by atoms with Gasteiger partial charge in [0, 0.05) is 57.8 Å². The van der Waals surface area contributed by atoms with E-state index in [0.29, 0.717) is 32.7 Å². The maximum absolute atomic E-state index is 13.1. The third kappa shape index (κ3) is 3.15. The molecule has 4 rings (SSSR count). The van der Waals surface area contributed by atoms with E-state index in [1.54, 1.807) is 19.0 Å². The molecule has 0 aromatic heterocycles. The first-order valence-electron chi connectivity index (χ1n) is 10.8. The van der Waals surface area contributed by atoms with Crippen molar-refractivity contribution in [3.8, 4) is 0 Å². The van der Waals surface area contributed by atoms with Crippen LogP contribution in [0.4, 0.5) is 4.79 Å². The SMILES string of the molecule is Cc1cc(C)cc(C(=O)N2CCC3(CC2)CN(C(=O)N(C)C)CC32CCNC2=O)c1. The maximum atomic E-state index is 13.1. The number of hydrogen-bond donors (Lipinski definition) is 1. The molecule has 1 atom stereocenters. The number of urea groups is 1. The van der Waals surface area contributed by atoms with Gasteiger partial charge in [0.15, 0.2) is 0 Å². The summed E-state index contributed by atoms with van der Waals surface area (Å²) in [7, 11) is 3.50. The molecule has 1 unspecified atom stereocenters. The van der Waals surface area contributed by atoms with Crippen molar-refractivity contribution in [1.82, 2.24) is 20.0 Å². The highest BCUT2D eigenvalue weighted by Crippen LogP contribution is 2.56. The summed E-state index contributed by atoms with van der Waals surface area (Å²) in [4.78, 5) is 44.1. The van der Waals surface area contributed by atoms with Gasteiger partial charge in [0.05, 0.1) is 5.41 Å². The fourth-order valence-electron chi connectivity index (χ4n) is 5.87. The zero-order chi connectivity index (χ0) is 21.7. The molecule has 0 bridgehead atoms. The number of rotatable bonds is 1. The van der Waals surface area contributed by atoms with Crippen LogP contribution in [0.1, 0.15) is 40.7 Å². The standard InChI is InChI=1S/C23H32N4O3/c1-16-11-17(2)13-18(12-16)19(28)26-9-6-22(7-10-26)14-27(21(30)25(3)4)15-23(22)5-8-24-20(23)29/h11-13H,5-10,14-15H2,1-4H3,(H,24,29). The third-order valence-corrected chi connectivity index (χ3v) is 7.37. The van der Waals surface area contributed by atoms with E-state index in [-0.39, 0.29) is 23.3 Å². The minimum atomic E-state index is -0.534. The molecule has 4 amide bonds. The van der Waals surface area contributed by atoms with Gasteiger partial charge in [0.2, 0.25) is 5.91 Å². The molecule has 7 heteroatoms. The van der Waals surface area contributed by atoms with Gasteiger partial charge in [-0.05, 0) is 45.2 Å². The van der Waals surface area contributed by atoms with E-state index in [9.17, 15) is 14.4 Å². The van der Waals surface area contributed by atoms with Gasteiger partial charge in [-0.15, -0.1) is 0 Å². The van der Waals surface area contributed by atoms with Gasteiger partial charge in [-0.25, -0.2) is 4.79 Å². The highest BCUT2D eigenvalue weighted by atomic mass is 16.2. The molecule has 0 radical (unpaired) electrons. The summed E-state index contributed by atoms with van der Waals surface area (Å²) in [5.41, 5.74) is 2.10. The zero-order valence-electron chi connectivity index (χ0n) is 18.5. The van der Waals surface area contributed by atoms with Gasteiger partial charge in [0.1, 0.15) is 0 Å². The highest BCUT2D eigenvalue weighted by molar-refractivity contribution is 5.95. The predicted octanol–water partition coefficient (Wildman–Crippen LogP) is 2.03. The average Bonchev–Trinajstić information content (AvgIpc) is 3.22. The quantitative estimate of drug-likeness (QED) is 0.767. The number of benzene rings is 1. The Morgan fingerprint density at radius 3 is 2.13 bits per heavy atom. The predicted molar refractivity (Wildman–Crippen MR) is 114 cm³/mol. The number of carbonyl (C=O) groups is 3. The molecule has 0 aliphatic carbocycles. The van der Waals surface area contributed by atoms with Gasteiger partial charge in [-0.2, -0.15) is 0 Å². The number of piperidine rings is 1. The Kier molecular flexibility index (Phi) is 5.03. The summed E-state index contributed by atoms with van der Waals surface area (Å²) >= 11 is 0. The lowest BCUT2D eigenvalue weighted by molar-refractivity contribution is -0.133. The number of carbonyl (C=O) groups excluding carboxylic acids is 3. The molecule has 3 fully saturated rings. The second-order valence-electron chi connectivity index (χ2n) is 9.57. The van der Waals surface area contributed by atoms with Crippen LogP contribution in [-0.4, -0.2) is 79.4 Å². The second kappa shape index (κ2) is 7.29. The first-order valence-corrected chi connectivity index (χ1v) is 10.8. The number of aryl methyl sites for hydroxylation is 2. The van der Waals surface area contributed by atoms with Crippen molar-refractivity contribution in [3.63, 3.8) is 0 Å². The van der Waals surface area contributed by atoms with Crippen molar-refractivity contribution in [1.29, 1.82) is 0 Å². The lowest BCUT2D eigenvalue weighted by atomic mass is 9.60. The van der Waals surface area contributed by atoms with Gasteiger partial charge >= 0.3 is 6.03 Å². The van der Waals surface area contributed by atoms with Crippen LogP contribution in [0.5, 0.6) is 0 Å². The van der Waals surface area contributed by atoms with E-state index in [4.69, 9.17) is 0 Å². The Labute approximate surface area is 178 Å². The smallest absolute Gasteiger partial charge is 0.319 e. The second-order valence-corrected chi connectivity index (χ2v) is 9.57. The highest BCUT2D eigenvalue weighted by Gasteiger charge is 2.64. The Morgan fingerprint density at radius 2 is 1.60 bits per heavy atom. The Hall–Kier alpha value is -2.57. The monoisotopic (exact) mass is 412 g/mol. The van der Waals surface area contributed by atoms with E-state index >= 15 is 0 Å². The summed E-state index contributed by atoms with van der Waals surface area (Å²) in [6, 6.07) is 5.91. The van der Waals surface area contributed by atoms with Gasteiger partial charge < -0.3 is 20.0 Å². The van der Waals surface area contributed by atoms with E-state index in [2.05, 4.69) is 11.4 Å². The van der Waals surface area contributed by atoms with E-state index in [1.807, 2.05) is 35.8 Å². The van der Waals surface area contributed by atoms with Crippen LogP contribution < -0.4 is 5.32 Å². The summed E-state index contributed by atoms with van der Waals surface area (Å²) in [5.74, 6) is 0.131. The first kappa shape index (κ1) is 20.7. The molecule has 0 saturated carbocycles. The molecular weight excluding hydrogens is 380 g/mol. The Morgan fingerprint density at radius 1 is 0.967 bits per heavy atom. The molecule has 3 aliphatic heterocycles. The normalized spacial score (nSPS) is 25.1. The average molecular weight is 413 g/mol. The lowest BCUT2D eigenvalue weighted by Crippen LogP contribution is -2.53. The van der Waals surface area contributed by atoms with Crippen LogP contribution in [0.2, 0.25) is 0 Å². The molecule has 30 heavy (non-hydrogen) atoms. The van der Waals surface area contributed by atoms with Gasteiger partial charge in [0.25, 0.3) is 5.91 Å². The molecule has 162 valence electrons. The minimum Gasteiger partial charge on any atom is -0.356 e. The van der Waals surface area contributed by atoms with Crippen LogP contribution in [-0.2, 0) is 4.79 Å². The molecule has 3 saturated heterocycles. The molecule has 3 aliphatic rings. The van der Waals surface area contributed by atoms with Crippen molar-refractivity contribution >= 4 is 17.8 Å². The fraction of sp³-hybridized carbons (Fsp3) is 0.609. The maximum Gasteiger partial charge on any atom is 0.319 e. The molecule has 1 N–H and O–H groups in total. The molecule has 3 heterocycles. The number of nitrogens with one attached hydrogen (secondary N) is 1. The number of likely N-dealkylation sites (tertiary alicyclic amines) is 2. The van der Waals surface area contributed by atoms with Gasteiger partial charge in [-0.1, -0.05) is 17.2 Å². The van der Waals surface area contributed by atoms with E-state index in [0.717, 1.165) is 36.0 Å². The van der Waals surface area contributed by atoms with Crippen LogP contribution in [0.25, 0.3) is 0 Å². The Bertz CT molecular complexity index is 868. The number of hydrogen-bond acceptors (Lipinski definition) is 3. The fourth-order valence-corrected chi connectivity index (χ4v) is 5.87. The van der Waals surface area contributed by atoms with Crippen LogP contribution in [0, 0.1) is 24.7 Å². The topological polar surface area (TPSA) is 73.0 Å². The number of nitrogens with zero attached hydrogens (tertiary/aromatic N) is 3. The molecular formula is C23H32N4O3.